The zero-order chi connectivity index (χ0) is 25.3. The number of halogens is 3. The van der Waals surface area contributed by atoms with Crippen LogP contribution in [0.2, 0.25) is 0 Å². The van der Waals surface area contributed by atoms with E-state index >= 15 is 0 Å². The van der Waals surface area contributed by atoms with Crippen LogP contribution in [0.4, 0.5) is 13.2 Å². The molecule has 0 aliphatic rings. The smallest absolute Gasteiger partial charge is 0.496 e. The third-order valence-corrected chi connectivity index (χ3v) is 5.01. The number of amides is 2. The Kier molecular flexibility index (Phi) is 8.66. The van der Waals surface area contributed by atoms with Gasteiger partial charge in [0.1, 0.15) is 17.2 Å². The first-order valence-corrected chi connectivity index (χ1v) is 10.7. The first kappa shape index (κ1) is 25.5. The van der Waals surface area contributed by atoms with Crippen LogP contribution in [0.25, 0.3) is 0 Å². The van der Waals surface area contributed by atoms with Crippen LogP contribution in [0, 0.1) is 0 Å². The number of para-hydroxylation sites is 2. The number of carbonyl (C=O) groups excluding carboxylic acids is 2. The molecular formula is C25H24F3N3O4. The molecule has 1 heterocycles. The van der Waals surface area contributed by atoms with Gasteiger partial charge in [-0.05, 0) is 48.2 Å². The summed E-state index contributed by atoms with van der Waals surface area (Å²) < 4.78 is 46.9. The number of carbonyl (C=O) groups is 2. The maximum Gasteiger partial charge on any atom is 0.573 e. The van der Waals surface area contributed by atoms with E-state index in [1.807, 2.05) is 24.3 Å². The number of rotatable bonds is 10. The Morgan fingerprint density at radius 2 is 1.40 bits per heavy atom. The van der Waals surface area contributed by atoms with Crippen LogP contribution in [-0.2, 0) is 12.8 Å². The Balaban J connectivity index is 1.48. The number of hydrogen-bond donors (Lipinski definition) is 2. The molecule has 0 unspecified atom stereocenters. The van der Waals surface area contributed by atoms with Gasteiger partial charge in [-0.3, -0.25) is 14.6 Å². The molecule has 2 amide bonds. The third-order valence-electron chi connectivity index (χ3n) is 5.01. The Labute approximate surface area is 200 Å². The molecular weight excluding hydrogens is 463 g/mol. The number of nitrogens with zero attached hydrogens (tertiary/aromatic N) is 1. The highest BCUT2D eigenvalue weighted by atomic mass is 19.4. The highest BCUT2D eigenvalue weighted by Crippen LogP contribution is 2.26. The van der Waals surface area contributed by atoms with Crippen LogP contribution in [0.15, 0.2) is 66.9 Å². The minimum Gasteiger partial charge on any atom is -0.496 e. The molecule has 0 saturated carbocycles. The summed E-state index contributed by atoms with van der Waals surface area (Å²) >= 11 is 0. The maximum atomic E-state index is 12.5. The summed E-state index contributed by atoms with van der Waals surface area (Å²) in [6.07, 6.45) is -2.82. The molecule has 1 aromatic heterocycles. The van der Waals surface area contributed by atoms with Crippen molar-refractivity contribution in [1.82, 2.24) is 15.6 Å². The summed E-state index contributed by atoms with van der Waals surface area (Å²) in [6, 6.07) is 16.1. The fourth-order valence-corrected chi connectivity index (χ4v) is 3.32. The van der Waals surface area contributed by atoms with Crippen molar-refractivity contribution in [3.8, 4) is 11.5 Å². The number of pyridine rings is 1. The summed E-state index contributed by atoms with van der Waals surface area (Å²) in [5, 5.41) is 5.39. The zero-order valence-electron chi connectivity index (χ0n) is 18.9. The van der Waals surface area contributed by atoms with Crippen LogP contribution < -0.4 is 20.1 Å². The fraction of sp³-hybridized carbons (Fsp3) is 0.240. The molecule has 0 bridgehead atoms. The highest BCUT2D eigenvalue weighted by Gasteiger charge is 2.31. The van der Waals surface area contributed by atoms with Gasteiger partial charge in [0.25, 0.3) is 11.8 Å². The van der Waals surface area contributed by atoms with Crippen LogP contribution in [0.1, 0.15) is 32.0 Å². The average Bonchev–Trinajstić information content (AvgIpc) is 2.84. The normalized spacial score (nSPS) is 11.0. The van der Waals surface area contributed by atoms with E-state index in [0.29, 0.717) is 18.5 Å². The Morgan fingerprint density at radius 1 is 0.829 bits per heavy atom. The van der Waals surface area contributed by atoms with E-state index in [-0.39, 0.29) is 35.9 Å². The molecule has 7 nitrogen and oxygen atoms in total. The molecule has 2 N–H and O–H groups in total. The van der Waals surface area contributed by atoms with Gasteiger partial charge >= 0.3 is 6.36 Å². The molecule has 3 rings (SSSR count). The Hall–Kier alpha value is -4.08. The number of alkyl halides is 3. The van der Waals surface area contributed by atoms with E-state index in [2.05, 4.69) is 20.4 Å². The van der Waals surface area contributed by atoms with Crippen LogP contribution >= 0.6 is 0 Å². The Bertz CT molecular complexity index is 1150. The maximum absolute atomic E-state index is 12.5. The predicted octanol–water partition coefficient (Wildman–Crippen LogP) is 3.93. The quantitative estimate of drug-likeness (QED) is 0.452. The van der Waals surface area contributed by atoms with Crippen LogP contribution in [0.3, 0.4) is 0 Å². The van der Waals surface area contributed by atoms with Gasteiger partial charge in [0, 0.05) is 19.3 Å². The molecule has 3 aromatic rings. The molecule has 0 saturated heterocycles. The van der Waals surface area contributed by atoms with Crippen molar-refractivity contribution in [3.05, 3.63) is 89.2 Å². The lowest BCUT2D eigenvalue weighted by Crippen LogP contribution is -2.28. The third kappa shape index (κ3) is 7.73. The molecule has 0 fully saturated rings. The van der Waals surface area contributed by atoms with Gasteiger partial charge in [-0.2, -0.15) is 0 Å². The van der Waals surface area contributed by atoms with Crippen molar-refractivity contribution in [3.63, 3.8) is 0 Å². The second kappa shape index (κ2) is 11.9. The van der Waals surface area contributed by atoms with E-state index in [1.54, 1.807) is 13.2 Å². The minimum atomic E-state index is -4.80. The lowest BCUT2D eigenvalue weighted by Gasteiger charge is -2.13. The summed E-state index contributed by atoms with van der Waals surface area (Å²) in [6.45, 7) is 0.463. The summed E-state index contributed by atoms with van der Waals surface area (Å²) in [7, 11) is 1.58. The summed E-state index contributed by atoms with van der Waals surface area (Å²) in [5.41, 5.74) is 1.64. The van der Waals surface area contributed by atoms with Crippen LogP contribution in [0.5, 0.6) is 11.5 Å². The molecule has 0 radical (unpaired) electrons. The topological polar surface area (TPSA) is 89.5 Å². The van der Waals surface area contributed by atoms with Crippen molar-refractivity contribution in [1.29, 1.82) is 0 Å². The second-order valence-electron chi connectivity index (χ2n) is 7.41. The number of ether oxygens (including phenoxy) is 2. The molecule has 0 aliphatic carbocycles. The monoisotopic (exact) mass is 487 g/mol. The van der Waals surface area contributed by atoms with Gasteiger partial charge in [-0.15, -0.1) is 13.2 Å². The van der Waals surface area contributed by atoms with E-state index in [1.165, 1.54) is 36.5 Å². The average molecular weight is 487 g/mol. The van der Waals surface area contributed by atoms with E-state index in [9.17, 15) is 22.8 Å². The zero-order valence-corrected chi connectivity index (χ0v) is 18.9. The first-order valence-electron chi connectivity index (χ1n) is 10.7. The molecule has 184 valence electrons. The lowest BCUT2D eigenvalue weighted by atomic mass is 10.1. The van der Waals surface area contributed by atoms with Gasteiger partial charge in [0.2, 0.25) is 0 Å². The minimum absolute atomic E-state index is 0.0856. The van der Waals surface area contributed by atoms with Gasteiger partial charge < -0.3 is 20.1 Å². The molecule has 0 atom stereocenters. The summed E-state index contributed by atoms with van der Waals surface area (Å²) in [4.78, 5) is 28.7. The largest absolute Gasteiger partial charge is 0.573 e. The fourth-order valence-electron chi connectivity index (χ4n) is 3.32. The van der Waals surface area contributed by atoms with Gasteiger partial charge in [0.15, 0.2) is 0 Å². The number of nitrogens with one attached hydrogen (secondary N) is 2. The first-order chi connectivity index (χ1) is 16.8. The molecule has 0 aliphatic heterocycles. The number of methoxy groups -OCH3 is 1. The SMILES string of the molecule is COc1ccccc1CCNC(=O)c1ccc(C(=O)NCCc2ccccc2OC(F)(F)F)cn1. The van der Waals surface area contributed by atoms with Crippen molar-refractivity contribution in [2.24, 2.45) is 0 Å². The van der Waals surface area contributed by atoms with Gasteiger partial charge in [-0.1, -0.05) is 36.4 Å². The lowest BCUT2D eigenvalue weighted by molar-refractivity contribution is -0.274. The van der Waals surface area contributed by atoms with Crippen molar-refractivity contribution in [2.45, 2.75) is 19.2 Å². The van der Waals surface area contributed by atoms with E-state index in [4.69, 9.17) is 4.74 Å². The highest BCUT2D eigenvalue weighted by molar-refractivity contribution is 5.96. The van der Waals surface area contributed by atoms with Crippen LogP contribution in [-0.4, -0.2) is 43.4 Å². The molecule has 0 spiro atoms. The predicted molar refractivity (Wildman–Crippen MR) is 122 cm³/mol. The standard InChI is InChI=1S/C25H24F3N3O4/c1-34-21-8-4-2-6-17(21)12-15-30-24(33)20-11-10-19(16-31-20)23(32)29-14-13-18-7-3-5-9-22(18)35-25(26,27)28/h2-11,16H,12-15H2,1H3,(H,29,32)(H,30,33). The number of hydrogen-bond acceptors (Lipinski definition) is 5. The number of benzene rings is 2. The summed E-state index contributed by atoms with van der Waals surface area (Å²) in [5.74, 6) is -0.411. The van der Waals surface area contributed by atoms with Gasteiger partial charge in [-0.25, -0.2) is 0 Å². The second-order valence-corrected chi connectivity index (χ2v) is 7.41. The van der Waals surface area contributed by atoms with Crippen molar-refractivity contribution < 1.29 is 32.2 Å². The molecule has 2 aromatic carbocycles. The van der Waals surface area contributed by atoms with Crippen molar-refractivity contribution >= 4 is 11.8 Å². The molecule has 35 heavy (non-hydrogen) atoms. The Morgan fingerprint density at radius 3 is 1.97 bits per heavy atom. The van der Waals surface area contributed by atoms with E-state index in [0.717, 1.165) is 11.3 Å². The van der Waals surface area contributed by atoms with Crippen molar-refractivity contribution in [2.75, 3.05) is 20.2 Å². The van der Waals surface area contributed by atoms with Gasteiger partial charge in [0.05, 0.1) is 12.7 Å². The van der Waals surface area contributed by atoms with E-state index < -0.39 is 12.3 Å². The number of aromatic nitrogens is 1. The molecule has 10 heteroatoms.